The molecule has 1 heterocycles. The Kier molecular flexibility index (Phi) is 7.39. The van der Waals surface area contributed by atoms with Crippen LogP contribution in [0.2, 0.25) is 0 Å². The molecule has 1 amide bonds. The number of nitrogens with one attached hydrogen (secondary N) is 1. The van der Waals surface area contributed by atoms with Crippen molar-refractivity contribution in [3.8, 4) is 0 Å². The van der Waals surface area contributed by atoms with Crippen molar-refractivity contribution < 1.29 is 29.5 Å². The molecule has 132 valence electrons. The molecule has 0 radical (unpaired) electrons. The van der Waals surface area contributed by atoms with Gasteiger partial charge in [-0.2, -0.15) is 0 Å². The van der Waals surface area contributed by atoms with Crippen LogP contribution >= 0.6 is 0 Å². The number of hydrogen-bond acceptors (Lipinski definition) is 13. The Balaban J connectivity index is 0.000000728. The lowest BCUT2D eigenvalue weighted by molar-refractivity contribution is -0.785. The minimum Gasteiger partial charge on any atom is -0.337 e. The van der Waals surface area contributed by atoms with Gasteiger partial charge >= 0.3 is 23.5 Å². The molecule has 24 heavy (non-hydrogen) atoms. The lowest BCUT2D eigenvalue weighted by atomic mass is 10.4. The van der Waals surface area contributed by atoms with E-state index in [-0.39, 0.29) is 0 Å². The second-order valence-electron chi connectivity index (χ2n) is 3.37. The molecule has 19 heteroatoms. The lowest BCUT2D eigenvalue weighted by Gasteiger charge is -2.08. The number of carbonyl (C=O) groups excluding carboxylic acids is 1. The summed E-state index contributed by atoms with van der Waals surface area (Å²) in [6, 6.07) is 0. The minimum atomic E-state index is -3.01. The summed E-state index contributed by atoms with van der Waals surface area (Å²) in [6.07, 6.45) is -5.04. The van der Waals surface area contributed by atoms with Crippen LogP contribution in [0.3, 0.4) is 0 Å². The summed E-state index contributed by atoms with van der Waals surface area (Å²) in [4.78, 5) is 49.4. The molecule has 0 fully saturated rings. The molecular formula is C5H7N9O10. The molecule has 0 aliphatic rings. The fraction of sp³-hybridized carbons (Fsp3) is 0.400. The highest BCUT2D eigenvalue weighted by atomic mass is 17.0. The van der Waals surface area contributed by atoms with Gasteiger partial charge in [-0.25, -0.2) is 14.3 Å². The zero-order valence-electron chi connectivity index (χ0n) is 11.1. The van der Waals surface area contributed by atoms with E-state index in [2.05, 4.69) is 15.0 Å². The van der Waals surface area contributed by atoms with E-state index in [9.17, 15) is 45.3 Å². The third-order valence-corrected chi connectivity index (χ3v) is 1.80. The average molecular weight is 353 g/mol. The first-order valence-corrected chi connectivity index (χ1v) is 5.19. The number of hydrogen-bond donors (Lipinski definition) is 2. The normalized spacial score (nSPS) is 10.7. The first-order valence-electron chi connectivity index (χ1n) is 5.19. The van der Waals surface area contributed by atoms with Crippen LogP contribution in [-0.2, 0) is 4.84 Å². The van der Waals surface area contributed by atoms with Crippen LogP contribution < -0.4 is 11.2 Å². The Bertz CT molecular complexity index is 600. The molecule has 0 saturated heterocycles. The second kappa shape index (κ2) is 8.96. The van der Waals surface area contributed by atoms with Crippen molar-refractivity contribution >= 4 is 6.09 Å². The first-order chi connectivity index (χ1) is 11.1. The number of nitrogens with two attached hydrogens (primary N) is 1. The highest BCUT2D eigenvalue weighted by Crippen LogP contribution is 2.01. The van der Waals surface area contributed by atoms with E-state index >= 15 is 0 Å². The maximum atomic E-state index is 10.6. The monoisotopic (exact) mass is 353 g/mol. The van der Waals surface area contributed by atoms with E-state index in [1.165, 1.54) is 17.3 Å². The van der Waals surface area contributed by atoms with Crippen molar-refractivity contribution in [1.29, 1.82) is 0 Å². The van der Waals surface area contributed by atoms with Gasteiger partial charge in [-0.05, 0) is 0 Å². The Morgan fingerprint density at radius 2 is 1.50 bits per heavy atom. The highest BCUT2D eigenvalue weighted by Gasteiger charge is 2.52. The number of carbonyl (C=O) groups is 1. The number of rotatable bonds is 6. The highest BCUT2D eigenvalue weighted by molar-refractivity contribution is 5.66. The van der Waals surface area contributed by atoms with Gasteiger partial charge in [0.15, 0.2) is 0 Å². The minimum absolute atomic E-state index is 1.03. The van der Waals surface area contributed by atoms with Crippen LogP contribution in [0.5, 0.6) is 0 Å². The molecule has 19 nitrogen and oxygen atoms in total. The second-order valence-corrected chi connectivity index (χ2v) is 3.37. The summed E-state index contributed by atoms with van der Waals surface area (Å²) in [6.45, 7) is 0. The quantitative estimate of drug-likeness (QED) is 0.229. The Morgan fingerprint density at radius 3 is 1.75 bits per heavy atom. The summed E-state index contributed by atoms with van der Waals surface area (Å²) in [5, 5.41) is 46.7. The fourth-order valence-corrected chi connectivity index (χ4v) is 0.967. The van der Waals surface area contributed by atoms with Crippen molar-refractivity contribution in [3.05, 3.63) is 53.1 Å². The van der Waals surface area contributed by atoms with Gasteiger partial charge in [0.05, 0.1) is 4.92 Å². The molecule has 0 aromatic carbocycles. The van der Waals surface area contributed by atoms with Crippen LogP contribution in [0.25, 0.3) is 0 Å². The van der Waals surface area contributed by atoms with E-state index < -0.39 is 38.3 Å². The molecule has 3 N–H and O–H groups in total. The lowest BCUT2D eigenvalue weighted by Crippen LogP contribution is -2.55. The molecule has 0 bridgehead atoms. The van der Waals surface area contributed by atoms with E-state index in [1.807, 2.05) is 0 Å². The Hall–Kier alpha value is -4.19. The summed E-state index contributed by atoms with van der Waals surface area (Å²) in [7, 11) is 0. The molecule has 0 aliphatic heterocycles. The van der Waals surface area contributed by atoms with Crippen molar-refractivity contribution in [2.24, 2.45) is 0 Å². The predicted molar refractivity (Wildman–Crippen MR) is 65.3 cm³/mol. The largest absolute Gasteiger partial charge is 0.534 e. The maximum absolute atomic E-state index is 10.6. The topological polar surface area (TPSA) is 268 Å². The standard InChI is InChI=1S/C3H3N5O10.C2H4N4/c9-3(18-8(16)17)4-1(5(10)11)2(6(12)13)7(14)15;3-6-1-4-5-2-6/h1-2H,(H,4,9);1-2H,3H2. The number of nitrogens with zero attached hydrogens (tertiary/aromatic N) is 7. The molecule has 0 aliphatic carbocycles. The van der Waals surface area contributed by atoms with Crippen molar-refractivity contribution in [2.75, 3.05) is 5.84 Å². The number of aromatic nitrogens is 3. The SMILES string of the molecule is Nn1cnnc1.O=C(NC(C([N+](=O)[O-])[N+](=O)[O-])[N+](=O)[O-])O[N+](=O)[O-]. The fourth-order valence-electron chi connectivity index (χ4n) is 0.967. The summed E-state index contributed by atoms with van der Waals surface area (Å²) >= 11 is 0. The van der Waals surface area contributed by atoms with Gasteiger partial charge in [-0.1, -0.05) is 0 Å². The number of nitrogen functional groups attached to an aromatic ring is 1. The van der Waals surface area contributed by atoms with E-state index in [1.54, 1.807) is 0 Å². The van der Waals surface area contributed by atoms with Gasteiger partial charge < -0.3 is 5.84 Å². The number of nitro groups is 3. The van der Waals surface area contributed by atoms with E-state index in [0.29, 0.717) is 0 Å². The van der Waals surface area contributed by atoms with E-state index in [0.717, 1.165) is 5.32 Å². The van der Waals surface area contributed by atoms with Crippen LogP contribution in [0.1, 0.15) is 0 Å². The van der Waals surface area contributed by atoms with Crippen molar-refractivity contribution in [2.45, 2.75) is 12.3 Å². The van der Waals surface area contributed by atoms with Crippen molar-refractivity contribution in [1.82, 2.24) is 20.2 Å². The van der Waals surface area contributed by atoms with Gasteiger partial charge in [0, 0.05) is 0 Å². The van der Waals surface area contributed by atoms with Gasteiger partial charge in [-0.15, -0.1) is 20.3 Å². The number of amides is 1. The van der Waals surface area contributed by atoms with Crippen LogP contribution in [-0.4, -0.2) is 53.2 Å². The average Bonchev–Trinajstić information content (AvgIpc) is 2.87. The van der Waals surface area contributed by atoms with Gasteiger partial charge in [0.25, 0.3) is 0 Å². The molecule has 1 unspecified atom stereocenters. The first kappa shape index (κ1) is 19.8. The van der Waals surface area contributed by atoms with Gasteiger partial charge in [0.2, 0.25) is 0 Å². The zero-order valence-corrected chi connectivity index (χ0v) is 11.1. The molecule has 0 spiro atoms. The summed E-state index contributed by atoms with van der Waals surface area (Å²) < 4.78 is 1.28. The summed E-state index contributed by atoms with van der Waals surface area (Å²) in [5.74, 6) is 5.07. The summed E-state index contributed by atoms with van der Waals surface area (Å²) in [5.41, 5.74) is 0. The zero-order chi connectivity index (χ0) is 18.9. The smallest absolute Gasteiger partial charge is 0.337 e. The molecule has 1 aromatic rings. The molecule has 0 saturated carbocycles. The Morgan fingerprint density at radius 1 is 1.04 bits per heavy atom. The third kappa shape index (κ3) is 7.00. The van der Waals surface area contributed by atoms with Gasteiger partial charge in [0.1, 0.15) is 22.5 Å². The van der Waals surface area contributed by atoms with Crippen LogP contribution in [0.15, 0.2) is 12.7 Å². The molecule has 1 rings (SSSR count). The van der Waals surface area contributed by atoms with Gasteiger partial charge in [-0.3, -0.25) is 35.7 Å². The van der Waals surface area contributed by atoms with Crippen LogP contribution in [0, 0.1) is 40.5 Å². The van der Waals surface area contributed by atoms with Crippen LogP contribution in [0.4, 0.5) is 4.79 Å². The predicted octanol–water partition coefficient (Wildman–Crippen LogP) is -2.62. The molecular weight excluding hydrogens is 346 g/mol. The van der Waals surface area contributed by atoms with E-state index in [4.69, 9.17) is 5.84 Å². The third-order valence-electron chi connectivity index (χ3n) is 1.80. The molecule has 1 atom stereocenters. The maximum Gasteiger partial charge on any atom is 0.534 e. The Labute approximate surface area is 128 Å². The molecule has 1 aromatic heterocycles. The van der Waals surface area contributed by atoms with Crippen molar-refractivity contribution in [3.63, 3.8) is 0 Å².